The maximum Gasteiger partial charge on any atom is 0.446 e. The number of hydrogen-bond acceptors (Lipinski definition) is 10. The fourth-order valence-corrected chi connectivity index (χ4v) is 3.58. The number of carbonyl (C=O) groups excluding carboxylic acids is 2. The molecule has 11 nitrogen and oxygen atoms in total. The second kappa shape index (κ2) is 17.2. The Kier molecular flexibility index (Phi) is 14.2. The van der Waals surface area contributed by atoms with Crippen LogP contribution in [0.3, 0.4) is 0 Å². The average molecular weight is 775 g/mol. The van der Waals surface area contributed by atoms with Crippen LogP contribution in [-0.4, -0.2) is 44.1 Å². The molecule has 1 amide bonds. The Morgan fingerprint density at radius 3 is 1.55 bits per heavy atom. The largest absolute Gasteiger partial charge is 0.446 e. The summed E-state index contributed by atoms with van der Waals surface area (Å²) in [5.74, 6) is -0.912. The Balaban J connectivity index is 0.000000315. The molecular formula is C29H25Cl2F9N8O3. The summed E-state index contributed by atoms with van der Waals surface area (Å²) in [5, 5.41) is 6.95. The SMILES string of the molecule is CC(C)(C)OC(=O)Nc1cccc(Nc2nc(Cl)ncc2C(F)(F)F)c1.Nc1cccc(Nc2nc(Cl)ncc2C(F)(F)F)c1.O=CC(F)(F)F. The Hall–Kier alpha value is -5.11. The van der Waals surface area contributed by atoms with E-state index in [2.05, 4.69) is 35.9 Å². The Morgan fingerprint density at radius 2 is 1.16 bits per heavy atom. The van der Waals surface area contributed by atoms with Crippen molar-refractivity contribution in [1.29, 1.82) is 0 Å². The van der Waals surface area contributed by atoms with Gasteiger partial charge in [-0.1, -0.05) is 12.1 Å². The van der Waals surface area contributed by atoms with Gasteiger partial charge in [0.05, 0.1) is 0 Å². The lowest BCUT2D eigenvalue weighted by Crippen LogP contribution is -2.27. The summed E-state index contributed by atoms with van der Waals surface area (Å²) in [6.07, 6.45) is -14.4. The Morgan fingerprint density at radius 1 is 0.745 bits per heavy atom. The van der Waals surface area contributed by atoms with E-state index in [1.807, 2.05) is 0 Å². The van der Waals surface area contributed by atoms with E-state index >= 15 is 0 Å². The number of nitrogen functional groups attached to an aromatic ring is 1. The van der Waals surface area contributed by atoms with E-state index in [0.29, 0.717) is 29.5 Å². The van der Waals surface area contributed by atoms with Crippen LogP contribution in [0.1, 0.15) is 31.9 Å². The van der Waals surface area contributed by atoms with Crippen LogP contribution in [-0.2, 0) is 21.9 Å². The van der Waals surface area contributed by atoms with Crippen LogP contribution < -0.4 is 21.7 Å². The van der Waals surface area contributed by atoms with Gasteiger partial charge in [-0.15, -0.1) is 0 Å². The second-order valence-corrected chi connectivity index (χ2v) is 11.2. The quantitative estimate of drug-likeness (QED) is 0.0667. The van der Waals surface area contributed by atoms with Crippen molar-refractivity contribution in [2.75, 3.05) is 21.7 Å². The highest BCUT2D eigenvalue weighted by atomic mass is 35.5. The zero-order valence-electron chi connectivity index (χ0n) is 26.1. The lowest BCUT2D eigenvalue weighted by molar-refractivity contribution is -0.156. The van der Waals surface area contributed by atoms with Crippen molar-refractivity contribution in [2.24, 2.45) is 0 Å². The minimum atomic E-state index is -4.65. The number of halogens is 11. The molecule has 0 atom stereocenters. The van der Waals surface area contributed by atoms with E-state index in [9.17, 15) is 44.3 Å². The molecule has 0 aliphatic heterocycles. The number of nitrogens with two attached hydrogens (primary N) is 1. The predicted octanol–water partition coefficient (Wildman–Crippen LogP) is 9.46. The molecule has 2 aromatic heterocycles. The maximum absolute atomic E-state index is 13.1. The van der Waals surface area contributed by atoms with Crippen molar-refractivity contribution in [1.82, 2.24) is 19.9 Å². The molecule has 0 unspecified atom stereocenters. The third-order valence-electron chi connectivity index (χ3n) is 5.18. The summed E-state index contributed by atoms with van der Waals surface area (Å²) >= 11 is 11.1. The topological polar surface area (TPSA) is 157 Å². The first-order valence-electron chi connectivity index (χ1n) is 13.6. The fourth-order valence-electron chi connectivity index (χ4n) is 3.31. The van der Waals surface area contributed by atoms with Gasteiger partial charge in [0, 0.05) is 35.1 Å². The summed E-state index contributed by atoms with van der Waals surface area (Å²) in [6, 6.07) is 12.3. The molecule has 0 spiro atoms. The van der Waals surface area contributed by atoms with Gasteiger partial charge >= 0.3 is 24.6 Å². The standard InChI is InChI=1S/C16H16ClF3N4O2.C11H8ClF3N4.C2HF3O/c1-15(2,3)26-14(25)23-10-6-4-5-9(7-10)22-12-11(16(18,19)20)8-21-13(17)24-12;12-10-17-5-8(11(13,14)15)9(19-10)18-7-3-1-2-6(16)4-7;3-2(4,5)1-6/h4-8H,1-3H3,(H,23,25)(H,21,22,24);1-5H,16H2,(H,17,18,19);1H. The number of nitrogens with zero attached hydrogens (tertiary/aromatic N) is 4. The van der Waals surface area contributed by atoms with E-state index in [-0.39, 0.29) is 16.3 Å². The normalized spacial score (nSPS) is 11.6. The van der Waals surface area contributed by atoms with Gasteiger partial charge in [-0.2, -0.15) is 49.5 Å². The monoisotopic (exact) mass is 774 g/mol. The maximum atomic E-state index is 13.1. The molecule has 0 bridgehead atoms. The number of alkyl halides is 9. The lowest BCUT2D eigenvalue weighted by atomic mass is 10.2. The van der Waals surface area contributed by atoms with Gasteiger partial charge in [0.1, 0.15) is 28.4 Å². The minimum absolute atomic E-state index is 0.263. The molecule has 0 radical (unpaired) electrons. The first-order chi connectivity index (χ1) is 23.4. The number of anilines is 6. The summed E-state index contributed by atoms with van der Waals surface area (Å²) in [7, 11) is 0. The molecule has 276 valence electrons. The Bertz CT molecular complexity index is 1800. The molecule has 2 aromatic carbocycles. The number of benzene rings is 2. The molecule has 4 rings (SSSR count). The van der Waals surface area contributed by atoms with Crippen LogP contribution in [0.15, 0.2) is 60.9 Å². The first-order valence-corrected chi connectivity index (χ1v) is 14.3. The number of ether oxygens (including phenoxy) is 1. The average Bonchev–Trinajstić information content (AvgIpc) is 2.95. The lowest BCUT2D eigenvalue weighted by Gasteiger charge is -2.20. The van der Waals surface area contributed by atoms with Crippen LogP contribution in [0.2, 0.25) is 10.6 Å². The van der Waals surface area contributed by atoms with Gasteiger partial charge in [0.2, 0.25) is 16.9 Å². The fraction of sp³-hybridized carbons (Fsp3) is 0.241. The van der Waals surface area contributed by atoms with Crippen molar-refractivity contribution < 1.29 is 53.8 Å². The summed E-state index contributed by atoms with van der Waals surface area (Å²) in [5.41, 5.74) is 4.19. The van der Waals surface area contributed by atoms with Gasteiger partial charge < -0.3 is 21.1 Å². The number of aldehydes is 1. The number of amides is 1. The van der Waals surface area contributed by atoms with Crippen molar-refractivity contribution >= 4 is 70.0 Å². The molecule has 22 heteroatoms. The van der Waals surface area contributed by atoms with E-state index in [0.717, 1.165) is 0 Å². The number of aromatic nitrogens is 4. The zero-order chi connectivity index (χ0) is 38.8. The molecule has 4 aromatic rings. The molecule has 0 saturated heterocycles. The van der Waals surface area contributed by atoms with Crippen LogP contribution in [0.5, 0.6) is 0 Å². The van der Waals surface area contributed by atoms with E-state index in [1.54, 1.807) is 51.1 Å². The molecule has 0 saturated carbocycles. The highest BCUT2D eigenvalue weighted by molar-refractivity contribution is 6.28. The highest BCUT2D eigenvalue weighted by Gasteiger charge is 2.36. The van der Waals surface area contributed by atoms with Gasteiger partial charge in [0.25, 0.3) is 0 Å². The highest BCUT2D eigenvalue weighted by Crippen LogP contribution is 2.36. The van der Waals surface area contributed by atoms with Gasteiger partial charge in [-0.3, -0.25) is 10.1 Å². The van der Waals surface area contributed by atoms with Gasteiger partial charge in [0.15, 0.2) is 0 Å². The first kappa shape index (κ1) is 42.1. The Labute approximate surface area is 292 Å². The second-order valence-electron chi connectivity index (χ2n) is 10.5. The third-order valence-corrected chi connectivity index (χ3v) is 5.55. The number of nitrogens with one attached hydrogen (secondary N) is 3. The van der Waals surface area contributed by atoms with Gasteiger partial charge in [-0.05, 0) is 80.4 Å². The summed E-state index contributed by atoms with van der Waals surface area (Å²) in [4.78, 5) is 34.3. The van der Waals surface area contributed by atoms with E-state index < -0.39 is 59.3 Å². The summed E-state index contributed by atoms with van der Waals surface area (Å²) in [6.45, 7) is 5.13. The zero-order valence-corrected chi connectivity index (χ0v) is 27.6. The predicted molar refractivity (Wildman–Crippen MR) is 170 cm³/mol. The molecule has 0 fully saturated rings. The van der Waals surface area contributed by atoms with E-state index in [4.69, 9.17) is 38.5 Å². The van der Waals surface area contributed by atoms with Crippen molar-refractivity contribution in [3.05, 3.63) is 82.6 Å². The third kappa shape index (κ3) is 15.5. The number of carbonyl (C=O) groups is 2. The van der Waals surface area contributed by atoms with Crippen molar-refractivity contribution in [3.63, 3.8) is 0 Å². The van der Waals surface area contributed by atoms with E-state index in [1.165, 1.54) is 18.2 Å². The molecule has 0 aliphatic rings. The van der Waals surface area contributed by atoms with Gasteiger partial charge in [-0.25, -0.2) is 14.8 Å². The molecule has 2 heterocycles. The van der Waals surface area contributed by atoms with Crippen molar-refractivity contribution in [2.45, 2.75) is 44.9 Å². The van der Waals surface area contributed by atoms with Crippen molar-refractivity contribution in [3.8, 4) is 0 Å². The van der Waals surface area contributed by atoms with Crippen LogP contribution in [0.4, 0.5) is 78.7 Å². The van der Waals surface area contributed by atoms with Crippen LogP contribution in [0.25, 0.3) is 0 Å². The van der Waals surface area contributed by atoms with Crippen LogP contribution >= 0.6 is 23.2 Å². The molecule has 0 aliphatic carbocycles. The smallest absolute Gasteiger partial charge is 0.444 e. The number of rotatable bonds is 5. The van der Waals surface area contributed by atoms with Crippen LogP contribution in [0, 0.1) is 0 Å². The number of hydrogen-bond donors (Lipinski definition) is 4. The minimum Gasteiger partial charge on any atom is -0.444 e. The molecular weight excluding hydrogens is 750 g/mol. The molecule has 51 heavy (non-hydrogen) atoms. The molecule has 5 N–H and O–H groups in total. The summed E-state index contributed by atoms with van der Waals surface area (Å²) < 4.78 is 114.